The van der Waals surface area contributed by atoms with E-state index in [9.17, 15) is 9.59 Å². The molecule has 2 rings (SSSR count). The maximum Gasteiger partial charge on any atom is 0.325 e. The van der Waals surface area contributed by atoms with Gasteiger partial charge in [-0.3, -0.25) is 14.7 Å². The van der Waals surface area contributed by atoms with Gasteiger partial charge in [0.2, 0.25) is 5.82 Å². The normalized spacial score (nSPS) is 10.4. The van der Waals surface area contributed by atoms with Crippen molar-refractivity contribution in [3.63, 3.8) is 0 Å². The van der Waals surface area contributed by atoms with Crippen molar-refractivity contribution in [3.8, 4) is 0 Å². The first kappa shape index (κ1) is 12.7. The lowest BCUT2D eigenvalue weighted by Gasteiger charge is -1.97. The highest BCUT2D eigenvalue weighted by Crippen LogP contribution is 1.95. The molecule has 0 aliphatic carbocycles. The number of carboxylic acids is 1. The lowest BCUT2D eigenvalue weighted by Crippen LogP contribution is -2.24. The molecule has 0 aromatic carbocycles. The van der Waals surface area contributed by atoms with Crippen LogP contribution in [0.1, 0.15) is 22.1 Å². The number of aliphatic carboxylic acids is 1. The van der Waals surface area contributed by atoms with Crippen LogP contribution in [-0.2, 0) is 17.9 Å². The van der Waals surface area contributed by atoms with Crippen molar-refractivity contribution in [3.05, 3.63) is 23.5 Å². The summed E-state index contributed by atoms with van der Waals surface area (Å²) >= 11 is 0. The number of amides is 1. The summed E-state index contributed by atoms with van der Waals surface area (Å²) in [5, 5.41) is 24.7. The Morgan fingerprint density at radius 3 is 2.95 bits per heavy atom. The average Bonchev–Trinajstić information content (AvgIpc) is 2.94. The summed E-state index contributed by atoms with van der Waals surface area (Å²) in [5.74, 6) is -0.887. The lowest BCUT2D eigenvalue weighted by molar-refractivity contribution is -0.137. The molecular formula is C9H11N7O3. The van der Waals surface area contributed by atoms with Gasteiger partial charge in [-0.05, 0) is 6.92 Å². The number of hydrogen-bond donors (Lipinski definition) is 3. The maximum absolute atomic E-state index is 11.6. The van der Waals surface area contributed by atoms with Crippen LogP contribution >= 0.6 is 0 Å². The monoisotopic (exact) mass is 265 g/mol. The van der Waals surface area contributed by atoms with E-state index in [0.717, 1.165) is 0 Å². The summed E-state index contributed by atoms with van der Waals surface area (Å²) in [7, 11) is 0. The predicted molar refractivity (Wildman–Crippen MR) is 59.9 cm³/mol. The minimum atomic E-state index is -1.02. The summed E-state index contributed by atoms with van der Waals surface area (Å²) in [6.45, 7) is 1.52. The summed E-state index contributed by atoms with van der Waals surface area (Å²) in [4.78, 5) is 25.9. The molecule has 0 saturated carbocycles. The highest BCUT2D eigenvalue weighted by atomic mass is 16.4. The molecule has 0 spiro atoms. The summed E-state index contributed by atoms with van der Waals surface area (Å²) < 4.78 is 1.17. The fraction of sp³-hybridized carbons (Fsp3) is 0.333. The zero-order valence-corrected chi connectivity index (χ0v) is 9.99. The summed E-state index contributed by atoms with van der Waals surface area (Å²) in [6.07, 6.45) is 1.44. The number of H-pyrrole nitrogens is 1. The number of rotatable bonds is 5. The van der Waals surface area contributed by atoms with Gasteiger partial charge in [-0.2, -0.15) is 0 Å². The number of aryl methyl sites for hydroxylation is 1. The van der Waals surface area contributed by atoms with Crippen LogP contribution in [-0.4, -0.2) is 47.2 Å². The Morgan fingerprint density at radius 2 is 2.32 bits per heavy atom. The fourth-order valence-corrected chi connectivity index (χ4v) is 1.33. The highest BCUT2D eigenvalue weighted by Gasteiger charge is 2.11. The second-order valence-electron chi connectivity index (χ2n) is 3.73. The molecule has 0 aliphatic rings. The topological polar surface area (TPSA) is 139 Å². The summed E-state index contributed by atoms with van der Waals surface area (Å²) in [5.41, 5.74) is 0.446. The number of hydrogen-bond acceptors (Lipinski definition) is 6. The molecule has 0 bridgehead atoms. The Bertz CT molecular complexity index is 602. The third kappa shape index (κ3) is 3.34. The van der Waals surface area contributed by atoms with E-state index in [4.69, 9.17) is 5.11 Å². The van der Waals surface area contributed by atoms with Crippen molar-refractivity contribution in [2.45, 2.75) is 20.0 Å². The second kappa shape index (κ2) is 5.25. The number of nitrogens with one attached hydrogen (secondary N) is 2. The Labute approximate surface area is 106 Å². The number of carbonyl (C=O) groups excluding carboxylic acids is 1. The van der Waals surface area contributed by atoms with Crippen molar-refractivity contribution in [2.75, 3.05) is 0 Å². The number of aromatic nitrogens is 6. The quantitative estimate of drug-likeness (QED) is 0.611. The Morgan fingerprint density at radius 1 is 1.53 bits per heavy atom. The third-order valence-electron chi connectivity index (χ3n) is 2.11. The first-order chi connectivity index (χ1) is 9.04. The van der Waals surface area contributed by atoms with Crippen LogP contribution in [0.2, 0.25) is 0 Å². The van der Waals surface area contributed by atoms with Crippen molar-refractivity contribution in [1.82, 2.24) is 35.5 Å². The molecule has 19 heavy (non-hydrogen) atoms. The van der Waals surface area contributed by atoms with E-state index in [-0.39, 0.29) is 18.9 Å². The smallest absolute Gasteiger partial charge is 0.325 e. The van der Waals surface area contributed by atoms with E-state index in [1.807, 2.05) is 0 Å². The molecule has 0 unspecified atom stereocenters. The molecule has 0 aliphatic heterocycles. The van der Waals surface area contributed by atoms with Crippen LogP contribution < -0.4 is 5.32 Å². The molecule has 3 N–H and O–H groups in total. The Hall–Kier alpha value is -2.78. The van der Waals surface area contributed by atoms with Crippen LogP contribution in [0.5, 0.6) is 0 Å². The highest BCUT2D eigenvalue weighted by molar-refractivity contribution is 5.90. The largest absolute Gasteiger partial charge is 0.480 e. The van der Waals surface area contributed by atoms with E-state index < -0.39 is 11.9 Å². The van der Waals surface area contributed by atoms with Gasteiger partial charge in [0.05, 0.1) is 12.7 Å². The molecule has 2 heterocycles. The number of carbonyl (C=O) groups is 2. The standard InChI is InChI=1S/C9H11N7O3/c1-5-11-8(14-12-5)9(19)10-2-6-3-16(15-13-6)4-7(17)18/h3H,2,4H2,1H3,(H,10,19)(H,17,18)(H,11,12,14). The number of nitrogens with zero attached hydrogens (tertiary/aromatic N) is 5. The van der Waals surface area contributed by atoms with E-state index >= 15 is 0 Å². The minimum Gasteiger partial charge on any atom is -0.480 e. The van der Waals surface area contributed by atoms with Gasteiger partial charge in [-0.15, -0.1) is 10.2 Å². The first-order valence-corrected chi connectivity index (χ1v) is 5.32. The van der Waals surface area contributed by atoms with Crippen LogP contribution in [0.4, 0.5) is 0 Å². The second-order valence-corrected chi connectivity index (χ2v) is 3.73. The fourth-order valence-electron chi connectivity index (χ4n) is 1.33. The van der Waals surface area contributed by atoms with Gasteiger partial charge in [-0.1, -0.05) is 5.21 Å². The van der Waals surface area contributed by atoms with Gasteiger partial charge < -0.3 is 10.4 Å². The molecule has 10 heteroatoms. The van der Waals surface area contributed by atoms with Gasteiger partial charge >= 0.3 is 5.97 Å². The average molecular weight is 265 g/mol. The molecule has 100 valence electrons. The van der Waals surface area contributed by atoms with E-state index in [2.05, 4.69) is 30.8 Å². The SMILES string of the molecule is Cc1nc(C(=O)NCc2cn(CC(=O)O)nn2)n[nH]1. The minimum absolute atomic E-state index is 0.0374. The Kier molecular flexibility index (Phi) is 3.50. The molecule has 0 atom stereocenters. The van der Waals surface area contributed by atoms with Crippen molar-refractivity contribution in [1.29, 1.82) is 0 Å². The number of carboxylic acid groups (broad SMARTS) is 1. The predicted octanol–water partition coefficient (Wildman–Crippen LogP) is -1.28. The van der Waals surface area contributed by atoms with E-state index in [1.165, 1.54) is 10.9 Å². The molecule has 0 radical (unpaired) electrons. The van der Waals surface area contributed by atoms with Crippen molar-refractivity contribution >= 4 is 11.9 Å². The van der Waals surface area contributed by atoms with Gasteiger partial charge in [-0.25, -0.2) is 9.67 Å². The van der Waals surface area contributed by atoms with Crippen LogP contribution in [0, 0.1) is 6.92 Å². The zero-order valence-electron chi connectivity index (χ0n) is 9.99. The molecule has 1 amide bonds. The van der Waals surface area contributed by atoms with Crippen LogP contribution in [0.25, 0.3) is 0 Å². The Balaban J connectivity index is 1.90. The van der Waals surface area contributed by atoms with Gasteiger partial charge in [0, 0.05) is 0 Å². The molecule has 0 saturated heterocycles. The van der Waals surface area contributed by atoms with E-state index in [0.29, 0.717) is 11.5 Å². The molecule has 2 aromatic rings. The lowest BCUT2D eigenvalue weighted by atomic mass is 10.4. The van der Waals surface area contributed by atoms with Gasteiger partial charge in [0.1, 0.15) is 18.1 Å². The number of aromatic amines is 1. The van der Waals surface area contributed by atoms with Crippen LogP contribution in [0.3, 0.4) is 0 Å². The van der Waals surface area contributed by atoms with Gasteiger partial charge in [0.25, 0.3) is 5.91 Å². The maximum atomic E-state index is 11.6. The van der Waals surface area contributed by atoms with Gasteiger partial charge in [0.15, 0.2) is 0 Å². The summed E-state index contributed by atoms with van der Waals surface area (Å²) in [6, 6.07) is 0. The van der Waals surface area contributed by atoms with Crippen LogP contribution in [0.15, 0.2) is 6.20 Å². The van der Waals surface area contributed by atoms with Crippen molar-refractivity contribution in [2.24, 2.45) is 0 Å². The molecule has 10 nitrogen and oxygen atoms in total. The van der Waals surface area contributed by atoms with Crippen molar-refractivity contribution < 1.29 is 14.7 Å². The first-order valence-electron chi connectivity index (χ1n) is 5.32. The molecule has 0 fully saturated rings. The third-order valence-corrected chi connectivity index (χ3v) is 2.11. The molecule has 2 aromatic heterocycles. The zero-order chi connectivity index (χ0) is 13.8. The van der Waals surface area contributed by atoms with E-state index in [1.54, 1.807) is 6.92 Å². The molecular weight excluding hydrogens is 254 g/mol.